The molecule has 0 saturated heterocycles. The van der Waals surface area contributed by atoms with Crippen molar-refractivity contribution in [1.29, 1.82) is 10.7 Å². The molecule has 0 aliphatic rings. The number of fused-ring (bicyclic) bond motifs is 1. The van der Waals surface area contributed by atoms with Crippen LogP contribution in [0, 0.1) is 22.2 Å². The Morgan fingerprint density at radius 3 is 2.58 bits per heavy atom. The van der Waals surface area contributed by atoms with Crippen LogP contribution in [-0.2, 0) is 6.18 Å². The minimum atomic E-state index is -4.55. The van der Waals surface area contributed by atoms with Crippen LogP contribution in [0.25, 0.3) is 22.5 Å². The summed E-state index contributed by atoms with van der Waals surface area (Å²) in [5, 5.41) is 20.3. The predicted molar refractivity (Wildman–Crippen MR) is 112 cm³/mol. The second kappa shape index (κ2) is 8.22. The second-order valence-electron chi connectivity index (χ2n) is 8.19. The van der Waals surface area contributed by atoms with Gasteiger partial charge in [-0.15, -0.1) is 0 Å². The maximum atomic E-state index is 13.0. The van der Waals surface area contributed by atoms with Crippen LogP contribution in [-0.4, -0.2) is 27.1 Å². The van der Waals surface area contributed by atoms with Crippen molar-refractivity contribution in [3.63, 3.8) is 0 Å². The van der Waals surface area contributed by atoms with E-state index in [2.05, 4.69) is 36.1 Å². The molecule has 9 heteroatoms. The zero-order valence-electron chi connectivity index (χ0n) is 17.2. The third-order valence-corrected chi connectivity index (χ3v) is 4.39. The maximum Gasteiger partial charge on any atom is 0.434 e. The molecule has 31 heavy (non-hydrogen) atoms. The fourth-order valence-electron chi connectivity index (χ4n) is 2.90. The Balaban J connectivity index is 2.10. The van der Waals surface area contributed by atoms with E-state index in [9.17, 15) is 18.4 Å². The number of aromatic nitrogens is 3. The summed E-state index contributed by atoms with van der Waals surface area (Å²) in [5.41, 5.74) is 1.26. The highest BCUT2D eigenvalue weighted by Crippen LogP contribution is 2.31. The average molecular weight is 426 g/mol. The summed E-state index contributed by atoms with van der Waals surface area (Å²) >= 11 is 0. The van der Waals surface area contributed by atoms with E-state index in [0.717, 1.165) is 12.4 Å². The van der Waals surface area contributed by atoms with Crippen LogP contribution in [0.4, 0.5) is 13.2 Å². The van der Waals surface area contributed by atoms with Gasteiger partial charge in [0, 0.05) is 48.1 Å². The number of halogens is 3. The first-order valence-corrected chi connectivity index (χ1v) is 9.44. The van der Waals surface area contributed by atoms with Gasteiger partial charge in [0.15, 0.2) is 5.69 Å². The Labute approximate surface area is 177 Å². The normalized spacial score (nSPS) is 12.6. The molecule has 0 aliphatic carbocycles. The SMILES string of the molecule is CC(C)(C)CN/C=C(\C=N)c1ccc(C#N)nc1-c1ccn2cc(C(F)(F)F)nc2c1. The van der Waals surface area contributed by atoms with E-state index in [1.807, 2.05) is 6.07 Å². The third kappa shape index (κ3) is 5.09. The number of nitriles is 1. The summed E-state index contributed by atoms with van der Waals surface area (Å²) in [4.78, 5) is 8.01. The molecule has 6 nitrogen and oxygen atoms in total. The number of allylic oxidation sites excluding steroid dienone is 1. The Hall–Kier alpha value is -3.67. The number of pyridine rings is 2. The molecular formula is C22H21F3N6. The summed E-state index contributed by atoms with van der Waals surface area (Å²) in [7, 11) is 0. The number of rotatable bonds is 5. The molecule has 0 aliphatic heterocycles. The van der Waals surface area contributed by atoms with Crippen molar-refractivity contribution in [2.24, 2.45) is 5.41 Å². The van der Waals surface area contributed by atoms with Gasteiger partial charge in [0.05, 0.1) is 5.69 Å². The van der Waals surface area contributed by atoms with Crippen molar-refractivity contribution >= 4 is 17.4 Å². The molecule has 0 radical (unpaired) electrons. The Bertz CT molecular complexity index is 1190. The zero-order chi connectivity index (χ0) is 22.8. The molecule has 3 heterocycles. The highest BCUT2D eigenvalue weighted by molar-refractivity contribution is 6.10. The van der Waals surface area contributed by atoms with Crippen LogP contribution < -0.4 is 5.32 Å². The van der Waals surface area contributed by atoms with Gasteiger partial charge in [0.25, 0.3) is 0 Å². The van der Waals surface area contributed by atoms with E-state index in [1.54, 1.807) is 18.3 Å². The van der Waals surface area contributed by atoms with Crippen LogP contribution in [0.2, 0.25) is 0 Å². The lowest BCUT2D eigenvalue weighted by atomic mass is 9.97. The first kappa shape index (κ1) is 22.0. The standard InChI is InChI=1S/C22H21F3N6/c1-21(2,3)13-28-11-15(9-26)17-5-4-16(10-27)29-20(17)14-6-7-31-12-18(22(23,24)25)30-19(31)8-14/h4-9,11-12,26,28H,13H2,1-3H3/b15-11+,26-9?. The molecule has 3 aromatic rings. The largest absolute Gasteiger partial charge is 0.434 e. The molecule has 2 N–H and O–H groups in total. The van der Waals surface area contributed by atoms with E-state index in [0.29, 0.717) is 28.9 Å². The number of imidazole rings is 1. The van der Waals surface area contributed by atoms with E-state index in [-0.39, 0.29) is 16.8 Å². The molecule has 0 fully saturated rings. The van der Waals surface area contributed by atoms with Gasteiger partial charge in [0.1, 0.15) is 17.4 Å². The molecule has 0 spiro atoms. The van der Waals surface area contributed by atoms with Crippen LogP contribution in [0.3, 0.4) is 0 Å². The zero-order valence-corrected chi connectivity index (χ0v) is 17.2. The van der Waals surface area contributed by atoms with E-state index < -0.39 is 11.9 Å². The quantitative estimate of drug-likeness (QED) is 0.567. The van der Waals surface area contributed by atoms with Crippen LogP contribution >= 0.6 is 0 Å². The molecule has 0 unspecified atom stereocenters. The van der Waals surface area contributed by atoms with Crippen LogP contribution in [0.5, 0.6) is 0 Å². The predicted octanol–water partition coefficient (Wildman–Crippen LogP) is 4.91. The first-order valence-electron chi connectivity index (χ1n) is 9.44. The average Bonchev–Trinajstić information content (AvgIpc) is 3.14. The van der Waals surface area contributed by atoms with E-state index in [4.69, 9.17) is 5.41 Å². The Morgan fingerprint density at radius 1 is 1.23 bits per heavy atom. The van der Waals surface area contributed by atoms with Crippen molar-refractivity contribution in [1.82, 2.24) is 19.7 Å². The summed E-state index contributed by atoms with van der Waals surface area (Å²) < 4.78 is 40.3. The van der Waals surface area contributed by atoms with Gasteiger partial charge in [0.2, 0.25) is 0 Å². The summed E-state index contributed by atoms with van der Waals surface area (Å²) in [6.07, 6.45) is 0.686. The van der Waals surface area contributed by atoms with Gasteiger partial charge < -0.3 is 15.1 Å². The van der Waals surface area contributed by atoms with Crippen molar-refractivity contribution in [3.05, 3.63) is 59.8 Å². The highest BCUT2D eigenvalue weighted by atomic mass is 19.4. The number of hydrogen-bond acceptors (Lipinski definition) is 5. The molecule has 0 bridgehead atoms. The lowest BCUT2D eigenvalue weighted by molar-refractivity contribution is -0.140. The van der Waals surface area contributed by atoms with Gasteiger partial charge in [-0.25, -0.2) is 9.97 Å². The lowest BCUT2D eigenvalue weighted by Crippen LogP contribution is -2.23. The first-order chi connectivity index (χ1) is 14.5. The van der Waals surface area contributed by atoms with Gasteiger partial charge >= 0.3 is 6.18 Å². The Kier molecular flexibility index (Phi) is 5.84. The van der Waals surface area contributed by atoms with Gasteiger partial charge in [-0.05, 0) is 29.7 Å². The molecule has 0 amide bonds. The topological polar surface area (TPSA) is 89.9 Å². The van der Waals surface area contributed by atoms with Crippen molar-refractivity contribution in [2.75, 3.05) is 6.54 Å². The third-order valence-electron chi connectivity index (χ3n) is 4.39. The monoisotopic (exact) mass is 426 g/mol. The van der Waals surface area contributed by atoms with Crippen LogP contribution in [0.1, 0.15) is 37.7 Å². The molecular weight excluding hydrogens is 405 g/mol. The second-order valence-corrected chi connectivity index (χ2v) is 8.19. The smallest absolute Gasteiger partial charge is 0.390 e. The number of nitrogens with zero attached hydrogens (tertiary/aromatic N) is 4. The minimum Gasteiger partial charge on any atom is -0.390 e. The maximum absolute atomic E-state index is 13.0. The number of hydrogen-bond donors (Lipinski definition) is 2. The summed E-state index contributed by atoms with van der Waals surface area (Å²) in [6.45, 7) is 6.88. The minimum absolute atomic E-state index is 0.0251. The van der Waals surface area contributed by atoms with E-state index in [1.165, 1.54) is 22.7 Å². The fourth-order valence-corrected chi connectivity index (χ4v) is 2.90. The molecule has 3 rings (SSSR count). The van der Waals surface area contributed by atoms with Crippen molar-refractivity contribution in [3.8, 4) is 17.3 Å². The lowest BCUT2D eigenvalue weighted by Gasteiger charge is -2.18. The molecule has 0 atom stereocenters. The van der Waals surface area contributed by atoms with Gasteiger partial charge in [-0.2, -0.15) is 18.4 Å². The summed E-state index contributed by atoms with van der Waals surface area (Å²) in [5.74, 6) is 0. The van der Waals surface area contributed by atoms with E-state index >= 15 is 0 Å². The molecule has 3 aromatic heterocycles. The summed E-state index contributed by atoms with van der Waals surface area (Å²) in [6, 6.07) is 8.27. The van der Waals surface area contributed by atoms with Crippen LogP contribution in [0.15, 0.2) is 42.9 Å². The molecule has 160 valence electrons. The molecule has 0 aromatic carbocycles. The fraction of sp³-hybridized carbons (Fsp3) is 0.273. The highest BCUT2D eigenvalue weighted by Gasteiger charge is 2.33. The van der Waals surface area contributed by atoms with Gasteiger partial charge in [-0.3, -0.25) is 0 Å². The van der Waals surface area contributed by atoms with Gasteiger partial charge in [-0.1, -0.05) is 20.8 Å². The van der Waals surface area contributed by atoms with Crippen molar-refractivity contribution in [2.45, 2.75) is 26.9 Å². The number of nitrogens with one attached hydrogen (secondary N) is 2. The number of alkyl halides is 3. The molecule has 0 saturated carbocycles. The Morgan fingerprint density at radius 2 is 1.97 bits per heavy atom. The van der Waals surface area contributed by atoms with Crippen molar-refractivity contribution < 1.29 is 13.2 Å².